The number of aromatic nitrogens is 1. The molecule has 2 N–H and O–H groups in total. The molecule has 86 valence electrons. The molecule has 2 nitrogen and oxygen atoms in total. The summed E-state index contributed by atoms with van der Waals surface area (Å²) in [4.78, 5) is 4.64. The van der Waals surface area contributed by atoms with Crippen molar-refractivity contribution < 1.29 is 0 Å². The third kappa shape index (κ3) is 3.02. The quantitative estimate of drug-likeness (QED) is 0.857. The molecule has 1 heterocycles. The van der Waals surface area contributed by atoms with Gasteiger partial charge in [-0.1, -0.05) is 41.0 Å². The Hall–Kier alpha value is -0.410. The van der Waals surface area contributed by atoms with Crippen LogP contribution in [0.1, 0.15) is 57.8 Å². The molecule has 15 heavy (non-hydrogen) atoms. The van der Waals surface area contributed by atoms with Gasteiger partial charge in [0.2, 0.25) is 0 Å². The fourth-order valence-electron chi connectivity index (χ4n) is 1.28. The first-order chi connectivity index (χ1) is 6.86. The van der Waals surface area contributed by atoms with E-state index in [0.29, 0.717) is 5.92 Å². The second-order valence-corrected chi connectivity index (χ2v) is 6.12. The van der Waals surface area contributed by atoms with Crippen molar-refractivity contribution >= 4 is 11.3 Å². The molecule has 1 aromatic rings. The number of thiazole rings is 1. The molecule has 2 atom stereocenters. The summed E-state index contributed by atoms with van der Waals surface area (Å²) in [5, 5.41) is 3.21. The number of rotatable bonds is 3. The highest BCUT2D eigenvalue weighted by atomic mass is 32.1. The predicted octanol–water partition coefficient (Wildman–Crippen LogP) is 3.49. The van der Waals surface area contributed by atoms with Crippen LogP contribution in [0.15, 0.2) is 5.38 Å². The van der Waals surface area contributed by atoms with E-state index in [1.165, 1.54) is 0 Å². The van der Waals surface area contributed by atoms with Crippen molar-refractivity contribution in [1.29, 1.82) is 0 Å². The molecular weight excluding hydrogens is 204 g/mol. The van der Waals surface area contributed by atoms with Gasteiger partial charge in [-0.15, -0.1) is 11.3 Å². The number of hydrogen-bond donors (Lipinski definition) is 1. The number of nitrogens with zero attached hydrogens (tertiary/aromatic N) is 1. The van der Waals surface area contributed by atoms with Crippen LogP contribution < -0.4 is 5.73 Å². The second kappa shape index (κ2) is 4.62. The van der Waals surface area contributed by atoms with Gasteiger partial charge in [0.1, 0.15) is 5.01 Å². The zero-order valence-electron chi connectivity index (χ0n) is 10.4. The SMILES string of the molecule is CC[C@H](C)[C@H](N)c1nc(C(C)(C)C)cs1. The van der Waals surface area contributed by atoms with Gasteiger partial charge in [0.25, 0.3) is 0 Å². The van der Waals surface area contributed by atoms with Crippen molar-refractivity contribution in [1.82, 2.24) is 4.98 Å². The van der Waals surface area contributed by atoms with Gasteiger partial charge in [0.15, 0.2) is 0 Å². The maximum absolute atomic E-state index is 6.15. The van der Waals surface area contributed by atoms with E-state index in [1.54, 1.807) is 11.3 Å². The van der Waals surface area contributed by atoms with Crippen LogP contribution in [0.2, 0.25) is 0 Å². The fourth-order valence-corrected chi connectivity index (χ4v) is 2.46. The standard InChI is InChI=1S/C12H22N2S/c1-6-8(2)10(13)11-14-9(7-15-11)12(3,4)5/h7-8,10H,6,13H2,1-5H3/t8-,10-/m0/s1. The van der Waals surface area contributed by atoms with E-state index in [4.69, 9.17) is 5.73 Å². The molecule has 0 unspecified atom stereocenters. The average Bonchev–Trinajstić information content (AvgIpc) is 2.63. The van der Waals surface area contributed by atoms with Crippen LogP contribution in [0, 0.1) is 5.92 Å². The summed E-state index contributed by atoms with van der Waals surface area (Å²) < 4.78 is 0. The first-order valence-electron chi connectivity index (χ1n) is 5.57. The third-order valence-corrected chi connectivity index (χ3v) is 3.78. The minimum absolute atomic E-state index is 0.0936. The van der Waals surface area contributed by atoms with Crippen molar-refractivity contribution in [3.63, 3.8) is 0 Å². The zero-order valence-corrected chi connectivity index (χ0v) is 11.2. The topological polar surface area (TPSA) is 38.9 Å². The summed E-state index contributed by atoms with van der Waals surface area (Å²) in [5.41, 5.74) is 7.44. The van der Waals surface area contributed by atoms with E-state index in [9.17, 15) is 0 Å². The van der Waals surface area contributed by atoms with Crippen molar-refractivity contribution in [2.45, 2.75) is 52.5 Å². The van der Waals surface area contributed by atoms with Gasteiger partial charge in [0.05, 0.1) is 11.7 Å². The average molecular weight is 226 g/mol. The summed E-state index contributed by atoms with van der Waals surface area (Å²) in [6, 6.07) is 0.0936. The Balaban J connectivity index is 2.85. The van der Waals surface area contributed by atoms with Crippen molar-refractivity contribution in [3.05, 3.63) is 16.1 Å². The molecule has 1 aromatic heterocycles. The molecule has 0 aromatic carbocycles. The van der Waals surface area contributed by atoms with Gasteiger partial charge in [0, 0.05) is 10.8 Å². The maximum Gasteiger partial charge on any atom is 0.110 e. The molecule has 3 heteroatoms. The molecule has 0 bridgehead atoms. The summed E-state index contributed by atoms with van der Waals surface area (Å²) in [7, 11) is 0. The van der Waals surface area contributed by atoms with Crippen molar-refractivity contribution in [2.75, 3.05) is 0 Å². The van der Waals surface area contributed by atoms with E-state index in [-0.39, 0.29) is 11.5 Å². The minimum atomic E-state index is 0.0936. The first-order valence-corrected chi connectivity index (χ1v) is 6.45. The van der Waals surface area contributed by atoms with Gasteiger partial charge in [-0.05, 0) is 5.92 Å². The summed E-state index contributed by atoms with van der Waals surface area (Å²) in [6.45, 7) is 10.9. The Bertz CT molecular complexity index is 312. The van der Waals surface area contributed by atoms with Crippen LogP contribution in [-0.2, 0) is 5.41 Å². The molecule has 0 saturated heterocycles. The normalized spacial score (nSPS) is 16.4. The monoisotopic (exact) mass is 226 g/mol. The van der Waals surface area contributed by atoms with E-state index in [0.717, 1.165) is 17.1 Å². The Morgan fingerprint density at radius 3 is 2.47 bits per heavy atom. The van der Waals surface area contributed by atoms with Crippen LogP contribution in [0.4, 0.5) is 0 Å². The lowest BCUT2D eigenvalue weighted by Crippen LogP contribution is -2.19. The molecule has 0 aliphatic carbocycles. The minimum Gasteiger partial charge on any atom is -0.322 e. The maximum atomic E-state index is 6.15. The number of hydrogen-bond acceptors (Lipinski definition) is 3. The van der Waals surface area contributed by atoms with Gasteiger partial charge >= 0.3 is 0 Å². The Kier molecular flexibility index (Phi) is 3.90. The first kappa shape index (κ1) is 12.7. The van der Waals surface area contributed by atoms with Crippen molar-refractivity contribution in [2.24, 2.45) is 11.7 Å². The van der Waals surface area contributed by atoms with E-state index < -0.39 is 0 Å². The molecule has 0 amide bonds. The molecule has 0 aliphatic heterocycles. The van der Waals surface area contributed by atoms with Gasteiger partial charge in [-0.2, -0.15) is 0 Å². The number of nitrogens with two attached hydrogens (primary N) is 1. The van der Waals surface area contributed by atoms with E-state index in [1.807, 2.05) is 0 Å². The second-order valence-electron chi connectivity index (χ2n) is 5.23. The lowest BCUT2D eigenvalue weighted by atomic mass is 9.93. The third-order valence-electron chi connectivity index (χ3n) is 2.83. The Morgan fingerprint density at radius 1 is 1.47 bits per heavy atom. The zero-order chi connectivity index (χ0) is 11.6. The van der Waals surface area contributed by atoms with Gasteiger partial charge in [-0.25, -0.2) is 4.98 Å². The van der Waals surface area contributed by atoms with Crippen LogP contribution in [-0.4, -0.2) is 4.98 Å². The van der Waals surface area contributed by atoms with Gasteiger partial charge in [-0.3, -0.25) is 0 Å². The fraction of sp³-hybridized carbons (Fsp3) is 0.750. The lowest BCUT2D eigenvalue weighted by molar-refractivity contribution is 0.452. The van der Waals surface area contributed by atoms with E-state index >= 15 is 0 Å². The van der Waals surface area contributed by atoms with Crippen LogP contribution in [0.3, 0.4) is 0 Å². The Morgan fingerprint density at radius 2 is 2.07 bits per heavy atom. The largest absolute Gasteiger partial charge is 0.322 e. The molecule has 0 saturated carbocycles. The summed E-state index contributed by atoms with van der Waals surface area (Å²) in [6.07, 6.45) is 1.10. The van der Waals surface area contributed by atoms with Crippen molar-refractivity contribution in [3.8, 4) is 0 Å². The predicted molar refractivity (Wildman–Crippen MR) is 67.2 cm³/mol. The summed E-state index contributed by atoms with van der Waals surface area (Å²) >= 11 is 1.69. The highest BCUT2D eigenvalue weighted by molar-refractivity contribution is 7.09. The molecule has 0 fully saturated rings. The highest BCUT2D eigenvalue weighted by Crippen LogP contribution is 2.29. The highest BCUT2D eigenvalue weighted by Gasteiger charge is 2.21. The van der Waals surface area contributed by atoms with Crippen LogP contribution >= 0.6 is 11.3 Å². The summed E-state index contributed by atoms with van der Waals surface area (Å²) in [5.74, 6) is 0.504. The van der Waals surface area contributed by atoms with Crippen LogP contribution in [0.25, 0.3) is 0 Å². The lowest BCUT2D eigenvalue weighted by Gasteiger charge is -2.17. The van der Waals surface area contributed by atoms with E-state index in [2.05, 4.69) is 45.0 Å². The molecule has 0 aliphatic rings. The van der Waals surface area contributed by atoms with Gasteiger partial charge < -0.3 is 5.73 Å². The van der Waals surface area contributed by atoms with Crippen LogP contribution in [0.5, 0.6) is 0 Å². The molecule has 1 rings (SSSR count). The molecular formula is C12H22N2S. The molecule has 0 spiro atoms. The smallest absolute Gasteiger partial charge is 0.110 e. The Labute approximate surface area is 96.9 Å². The molecule has 0 radical (unpaired) electrons.